The molecule has 0 aliphatic carbocycles. The molecule has 1 aromatic carbocycles. The maximum Gasteiger partial charge on any atom is 0.160 e. The first-order valence-electron chi connectivity index (χ1n) is 4.25. The lowest BCUT2D eigenvalue weighted by Gasteiger charge is -2.02. The van der Waals surface area contributed by atoms with Crippen LogP contribution in [0.15, 0.2) is 23.2 Å². The number of aliphatic hydroxyl groups is 1. The molecule has 4 heteroatoms. The van der Waals surface area contributed by atoms with Gasteiger partial charge in [-0.05, 0) is 23.8 Å². The molecule has 0 fully saturated rings. The number of aliphatic imine (C=N–C) groups is 1. The van der Waals surface area contributed by atoms with Gasteiger partial charge in [-0.3, -0.25) is 4.99 Å². The highest BCUT2D eigenvalue weighted by atomic mass is 16.5. The molecule has 0 radical (unpaired) electrons. The molecule has 1 aromatic rings. The van der Waals surface area contributed by atoms with E-state index in [-0.39, 0.29) is 12.4 Å². The van der Waals surface area contributed by atoms with Crippen molar-refractivity contribution in [1.82, 2.24) is 0 Å². The fourth-order valence-corrected chi connectivity index (χ4v) is 1.02. The third-order valence-corrected chi connectivity index (χ3v) is 1.67. The van der Waals surface area contributed by atoms with Crippen molar-refractivity contribution in [1.29, 1.82) is 0 Å². The van der Waals surface area contributed by atoms with E-state index < -0.39 is 0 Å². The second-order valence-corrected chi connectivity index (χ2v) is 2.69. The molecule has 0 saturated carbocycles. The Balaban J connectivity index is 2.76. The number of hydrogen-bond acceptors (Lipinski definition) is 4. The number of aliphatic hydroxyl groups excluding tert-OH is 1. The topological polar surface area (TPSA) is 62.0 Å². The summed E-state index contributed by atoms with van der Waals surface area (Å²) < 4.78 is 4.89. The van der Waals surface area contributed by atoms with E-state index in [1.807, 2.05) is 0 Å². The van der Waals surface area contributed by atoms with Crippen LogP contribution in [0.5, 0.6) is 11.5 Å². The van der Waals surface area contributed by atoms with E-state index in [2.05, 4.69) is 4.99 Å². The highest BCUT2D eigenvalue weighted by Gasteiger charge is 1.99. The van der Waals surface area contributed by atoms with Gasteiger partial charge < -0.3 is 14.9 Å². The number of benzene rings is 1. The lowest BCUT2D eigenvalue weighted by atomic mass is 10.2. The molecule has 2 N–H and O–H groups in total. The van der Waals surface area contributed by atoms with Crippen molar-refractivity contribution >= 4 is 6.21 Å². The summed E-state index contributed by atoms with van der Waals surface area (Å²) in [7, 11) is 1.49. The van der Waals surface area contributed by atoms with Crippen LogP contribution in [0.4, 0.5) is 0 Å². The van der Waals surface area contributed by atoms with Crippen LogP contribution in [0, 0.1) is 0 Å². The van der Waals surface area contributed by atoms with Crippen LogP contribution in [-0.2, 0) is 0 Å². The number of ether oxygens (including phenoxy) is 1. The van der Waals surface area contributed by atoms with Gasteiger partial charge in [0.1, 0.15) is 0 Å². The lowest BCUT2D eigenvalue weighted by molar-refractivity contribution is 0.307. The Labute approximate surface area is 82.5 Å². The summed E-state index contributed by atoms with van der Waals surface area (Å²) in [5.41, 5.74) is 0.775. The molecule has 0 aliphatic heterocycles. The van der Waals surface area contributed by atoms with Gasteiger partial charge in [0.15, 0.2) is 11.5 Å². The molecular formula is C10H13NO3. The number of phenols is 1. The van der Waals surface area contributed by atoms with Gasteiger partial charge in [-0.25, -0.2) is 0 Å². The normalized spacial score (nSPS) is 10.7. The summed E-state index contributed by atoms with van der Waals surface area (Å²) in [5.74, 6) is 0.518. The molecule has 4 nitrogen and oxygen atoms in total. The Morgan fingerprint density at radius 3 is 2.86 bits per heavy atom. The number of hydrogen-bond donors (Lipinski definition) is 2. The van der Waals surface area contributed by atoms with E-state index in [0.717, 1.165) is 5.56 Å². The van der Waals surface area contributed by atoms with Crippen molar-refractivity contribution < 1.29 is 14.9 Å². The lowest BCUT2D eigenvalue weighted by Crippen LogP contribution is -1.90. The Morgan fingerprint density at radius 2 is 2.29 bits per heavy atom. The van der Waals surface area contributed by atoms with E-state index >= 15 is 0 Å². The maximum absolute atomic E-state index is 9.41. The fraction of sp³-hybridized carbons (Fsp3) is 0.300. The molecule has 14 heavy (non-hydrogen) atoms. The molecule has 0 aromatic heterocycles. The summed E-state index contributed by atoms with van der Waals surface area (Å²) in [4.78, 5) is 3.93. The minimum absolute atomic E-state index is 0.0264. The molecular weight excluding hydrogens is 182 g/mol. The number of nitrogens with zero attached hydrogens (tertiary/aromatic N) is 1. The first-order chi connectivity index (χ1) is 6.77. The van der Waals surface area contributed by atoms with Gasteiger partial charge in [0.05, 0.1) is 20.3 Å². The summed E-state index contributed by atoms with van der Waals surface area (Å²) in [6.07, 6.45) is 1.59. The van der Waals surface area contributed by atoms with E-state index in [9.17, 15) is 5.11 Å². The number of methoxy groups -OCH3 is 1. The van der Waals surface area contributed by atoms with Gasteiger partial charge in [0.25, 0.3) is 0 Å². The number of rotatable bonds is 4. The zero-order chi connectivity index (χ0) is 10.4. The minimum Gasteiger partial charge on any atom is -0.504 e. The standard InChI is InChI=1S/C10H13NO3/c1-14-10-3-2-8(6-9(10)13)7-11-4-5-12/h2-3,6-7,12-13H,4-5H2,1H3/b11-7+. The SMILES string of the molecule is COc1ccc(/C=N/CCO)cc1O. The van der Waals surface area contributed by atoms with Crippen LogP contribution in [-0.4, -0.2) is 36.7 Å². The molecule has 0 heterocycles. The highest BCUT2D eigenvalue weighted by Crippen LogP contribution is 2.25. The molecule has 0 unspecified atom stereocenters. The second kappa shape index (κ2) is 5.24. The van der Waals surface area contributed by atoms with Gasteiger partial charge in [-0.1, -0.05) is 0 Å². The molecule has 0 atom stereocenters. The summed E-state index contributed by atoms with van der Waals surface area (Å²) in [6, 6.07) is 4.99. The van der Waals surface area contributed by atoms with Crippen molar-refractivity contribution in [2.24, 2.45) is 4.99 Å². The Morgan fingerprint density at radius 1 is 1.50 bits per heavy atom. The van der Waals surface area contributed by atoms with E-state index in [0.29, 0.717) is 12.3 Å². The maximum atomic E-state index is 9.41. The average Bonchev–Trinajstić information content (AvgIpc) is 2.18. The molecule has 76 valence electrons. The predicted octanol–water partition coefficient (Wildman–Crippen LogP) is 0.812. The van der Waals surface area contributed by atoms with Gasteiger partial charge in [0.2, 0.25) is 0 Å². The largest absolute Gasteiger partial charge is 0.504 e. The summed E-state index contributed by atoms with van der Waals surface area (Å²) in [6.45, 7) is 0.394. The van der Waals surface area contributed by atoms with Gasteiger partial charge in [-0.15, -0.1) is 0 Å². The van der Waals surface area contributed by atoms with Crippen LogP contribution < -0.4 is 4.74 Å². The van der Waals surface area contributed by atoms with E-state index in [1.165, 1.54) is 7.11 Å². The van der Waals surface area contributed by atoms with Crippen LogP contribution in [0.1, 0.15) is 5.56 Å². The predicted molar refractivity (Wildman–Crippen MR) is 54.2 cm³/mol. The minimum atomic E-state index is 0.0264. The fourth-order valence-electron chi connectivity index (χ4n) is 1.02. The van der Waals surface area contributed by atoms with Crippen molar-refractivity contribution in [3.63, 3.8) is 0 Å². The van der Waals surface area contributed by atoms with Gasteiger partial charge >= 0.3 is 0 Å². The average molecular weight is 195 g/mol. The van der Waals surface area contributed by atoms with Crippen LogP contribution >= 0.6 is 0 Å². The van der Waals surface area contributed by atoms with Gasteiger partial charge in [-0.2, -0.15) is 0 Å². The number of phenolic OH excluding ortho intramolecular Hbond substituents is 1. The third-order valence-electron chi connectivity index (χ3n) is 1.67. The second-order valence-electron chi connectivity index (χ2n) is 2.69. The molecule has 0 spiro atoms. The highest BCUT2D eigenvalue weighted by molar-refractivity contribution is 5.80. The molecule has 1 rings (SSSR count). The van der Waals surface area contributed by atoms with Gasteiger partial charge in [0, 0.05) is 6.21 Å². The van der Waals surface area contributed by atoms with E-state index in [1.54, 1.807) is 24.4 Å². The molecule has 0 amide bonds. The van der Waals surface area contributed by atoms with Crippen molar-refractivity contribution in [2.45, 2.75) is 0 Å². The summed E-state index contributed by atoms with van der Waals surface area (Å²) >= 11 is 0. The van der Waals surface area contributed by atoms with Crippen molar-refractivity contribution in [3.8, 4) is 11.5 Å². The number of aromatic hydroxyl groups is 1. The van der Waals surface area contributed by atoms with Crippen LogP contribution in [0.3, 0.4) is 0 Å². The zero-order valence-electron chi connectivity index (χ0n) is 7.97. The van der Waals surface area contributed by atoms with Crippen molar-refractivity contribution in [2.75, 3.05) is 20.3 Å². The monoisotopic (exact) mass is 195 g/mol. The van der Waals surface area contributed by atoms with Crippen molar-refractivity contribution in [3.05, 3.63) is 23.8 Å². The Bertz CT molecular complexity index is 323. The van der Waals surface area contributed by atoms with Crippen LogP contribution in [0.2, 0.25) is 0 Å². The first-order valence-corrected chi connectivity index (χ1v) is 4.25. The quantitative estimate of drug-likeness (QED) is 0.699. The smallest absolute Gasteiger partial charge is 0.160 e. The summed E-state index contributed by atoms with van der Waals surface area (Å²) in [5, 5.41) is 17.9. The molecule has 0 bridgehead atoms. The Kier molecular flexibility index (Phi) is 3.94. The third kappa shape index (κ3) is 2.74. The molecule has 0 saturated heterocycles. The van der Waals surface area contributed by atoms with E-state index in [4.69, 9.17) is 9.84 Å². The first kappa shape index (κ1) is 10.5. The zero-order valence-corrected chi connectivity index (χ0v) is 7.97. The molecule has 0 aliphatic rings. The Hall–Kier alpha value is -1.55. The van der Waals surface area contributed by atoms with Crippen LogP contribution in [0.25, 0.3) is 0 Å².